The number of H-pyrrole nitrogens is 1. The number of carbonyl (C=O) groups is 2. The quantitative estimate of drug-likeness (QED) is 0.418. The molecule has 0 saturated carbocycles. The minimum atomic E-state index is -4.58. The van der Waals surface area contributed by atoms with Crippen LogP contribution < -0.4 is 0 Å². The maximum atomic E-state index is 13.4. The number of alkyl halides is 3. The van der Waals surface area contributed by atoms with Crippen molar-refractivity contribution in [3.8, 4) is 0 Å². The molecule has 0 saturated heterocycles. The number of rotatable bonds is 7. The van der Waals surface area contributed by atoms with Crippen LogP contribution in [0.3, 0.4) is 0 Å². The lowest BCUT2D eigenvalue weighted by atomic mass is 9.80. The van der Waals surface area contributed by atoms with E-state index < -0.39 is 35.5 Å². The van der Waals surface area contributed by atoms with E-state index in [1.54, 1.807) is 44.3 Å². The number of fused-ring (bicyclic) bond motifs is 1. The van der Waals surface area contributed by atoms with Crippen LogP contribution in [0.25, 0.3) is 10.9 Å². The molecule has 8 heteroatoms. The molecule has 1 atom stereocenters. The minimum absolute atomic E-state index is 0.0118. The summed E-state index contributed by atoms with van der Waals surface area (Å²) < 4.78 is 50.4. The molecule has 0 bridgehead atoms. The normalized spacial score (nSPS) is 12.7. The lowest BCUT2D eigenvalue weighted by Gasteiger charge is -2.25. The predicted octanol–water partition coefficient (Wildman–Crippen LogP) is 5.06. The molecule has 0 aliphatic heterocycles. The fourth-order valence-corrected chi connectivity index (χ4v) is 3.64. The zero-order chi connectivity index (χ0) is 22.6. The van der Waals surface area contributed by atoms with Crippen LogP contribution in [-0.2, 0) is 25.2 Å². The van der Waals surface area contributed by atoms with Gasteiger partial charge in [0.1, 0.15) is 0 Å². The average molecular weight is 433 g/mol. The Morgan fingerprint density at radius 1 is 0.968 bits per heavy atom. The number of benzene rings is 2. The van der Waals surface area contributed by atoms with Gasteiger partial charge in [-0.2, -0.15) is 13.2 Å². The summed E-state index contributed by atoms with van der Waals surface area (Å²) in [4.78, 5) is 28.7. The standard InChI is InChI=1S/C23H22F3NO4/c1-3-30-21(28)20(22(29)31-4-2)19(14-8-7-9-15(12-14)23(24,25)26)17-13-27-18-11-6-5-10-16(17)18/h5-13,19-20,27H,3-4H2,1-2H3. The van der Waals surface area contributed by atoms with Gasteiger partial charge < -0.3 is 14.5 Å². The Labute approximate surface area is 177 Å². The molecule has 0 amide bonds. The molecule has 0 aliphatic rings. The summed E-state index contributed by atoms with van der Waals surface area (Å²) in [5, 5.41) is 0.684. The number of para-hydroxylation sites is 1. The summed E-state index contributed by atoms with van der Waals surface area (Å²) in [5.41, 5.74) is 0.508. The molecule has 0 aliphatic carbocycles. The van der Waals surface area contributed by atoms with E-state index in [-0.39, 0.29) is 18.8 Å². The third-order valence-corrected chi connectivity index (χ3v) is 4.94. The Kier molecular flexibility index (Phi) is 6.68. The zero-order valence-electron chi connectivity index (χ0n) is 17.0. The fourth-order valence-electron chi connectivity index (χ4n) is 3.64. The molecule has 2 aromatic carbocycles. The van der Waals surface area contributed by atoms with Crippen molar-refractivity contribution in [1.82, 2.24) is 4.98 Å². The summed E-state index contributed by atoms with van der Waals surface area (Å²) in [6, 6.07) is 11.8. The second-order valence-electron chi connectivity index (χ2n) is 6.87. The van der Waals surface area contributed by atoms with E-state index in [0.717, 1.165) is 17.6 Å². The molecule has 0 spiro atoms. The minimum Gasteiger partial charge on any atom is -0.465 e. The van der Waals surface area contributed by atoms with E-state index in [9.17, 15) is 22.8 Å². The number of aromatic nitrogens is 1. The summed E-state index contributed by atoms with van der Waals surface area (Å²) in [6.07, 6.45) is -2.98. The van der Waals surface area contributed by atoms with Gasteiger partial charge >= 0.3 is 18.1 Å². The summed E-state index contributed by atoms with van der Waals surface area (Å²) in [7, 11) is 0. The Morgan fingerprint density at radius 2 is 1.61 bits per heavy atom. The smallest absolute Gasteiger partial charge is 0.416 e. The van der Waals surface area contributed by atoms with Crippen LogP contribution in [0, 0.1) is 5.92 Å². The molecule has 1 N–H and O–H groups in total. The van der Waals surface area contributed by atoms with Gasteiger partial charge in [0.15, 0.2) is 5.92 Å². The molecule has 3 aromatic rings. The van der Waals surface area contributed by atoms with E-state index >= 15 is 0 Å². The Morgan fingerprint density at radius 3 is 2.23 bits per heavy atom. The highest BCUT2D eigenvalue weighted by Gasteiger charge is 2.41. The summed E-state index contributed by atoms with van der Waals surface area (Å²) in [5.74, 6) is -4.22. The van der Waals surface area contributed by atoms with Crippen molar-refractivity contribution in [2.75, 3.05) is 13.2 Å². The van der Waals surface area contributed by atoms with Crippen LogP contribution in [0.15, 0.2) is 54.7 Å². The SMILES string of the molecule is CCOC(=O)C(C(=O)OCC)C(c1cccc(C(F)(F)F)c1)c1c[nH]c2ccccc12. The number of aromatic amines is 1. The number of hydrogen-bond acceptors (Lipinski definition) is 4. The van der Waals surface area contributed by atoms with E-state index in [2.05, 4.69) is 4.98 Å². The summed E-state index contributed by atoms with van der Waals surface area (Å²) in [6.45, 7) is 3.20. The number of carbonyl (C=O) groups excluding carboxylic acids is 2. The van der Waals surface area contributed by atoms with Crippen molar-refractivity contribution in [1.29, 1.82) is 0 Å². The van der Waals surface area contributed by atoms with Crippen molar-refractivity contribution >= 4 is 22.8 Å². The molecule has 0 fully saturated rings. The number of ether oxygens (including phenoxy) is 2. The maximum Gasteiger partial charge on any atom is 0.416 e. The van der Waals surface area contributed by atoms with E-state index in [1.807, 2.05) is 0 Å². The molecular formula is C23H22F3NO4. The molecule has 1 aromatic heterocycles. The third-order valence-electron chi connectivity index (χ3n) is 4.94. The molecule has 5 nitrogen and oxygen atoms in total. The van der Waals surface area contributed by atoms with Crippen LogP contribution in [0.2, 0.25) is 0 Å². The third kappa shape index (κ3) is 4.73. The Balaban J connectivity index is 2.25. The van der Waals surface area contributed by atoms with Gasteiger partial charge in [0, 0.05) is 23.0 Å². The first-order valence-corrected chi connectivity index (χ1v) is 9.84. The number of esters is 2. The van der Waals surface area contributed by atoms with Gasteiger partial charge in [-0.05, 0) is 37.1 Å². The van der Waals surface area contributed by atoms with Gasteiger partial charge in [0.2, 0.25) is 0 Å². The fraction of sp³-hybridized carbons (Fsp3) is 0.304. The van der Waals surface area contributed by atoms with Gasteiger partial charge in [-0.15, -0.1) is 0 Å². The van der Waals surface area contributed by atoms with Crippen LogP contribution >= 0.6 is 0 Å². The highest BCUT2D eigenvalue weighted by atomic mass is 19.4. The highest BCUT2D eigenvalue weighted by molar-refractivity contribution is 5.98. The molecule has 164 valence electrons. The molecule has 1 unspecified atom stereocenters. The molecule has 3 rings (SSSR count). The van der Waals surface area contributed by atoms with Crippen molar-refractivity contribution < 1.29 is 32.2 Å². The second-order valence-corrected chi connectivity index (χ2v) is 6.87. The van der Waals surface area contributed by atoms with E-state index in [1.165, 1.54) is 12.1 Å². The van der Waals surface area contributed by atoms with Crippen LogP contribution in [0.4, 0.5) is 13.2 Å². The first kappa shape index (κ1) is 22.4. The monoisotopic (exact) mass is 433 g/mol. The van der Waals surface area contributed by atoms with Crippen LogP contribution in [0.1, 0.15) is 36.5 Å². The van der Waals surface area contributed by atoms with E-state index in [4.69, 9.17) is 9.47 Å². The van der Waals surface area contributed by atoms with Crippen molar-refractivity contribution in [2.45, 2.75) is 25.9 Å². The number of halogens is 3. The van der Waals surface area contributed by atoms with Gasteiger partial charge in [-0.3, -0.25) is 9.59 Å². The molecule has 1 heterocycles. The van der Waals surface area contributed by atoms with Crippen molar-refractivity contribution in [2.24, 2.45) is 5.92 Å². The highest BCUT2D eigenvalue weighted by Crippen LogP contribution is 2.40. The molecular weight excluding hydrogens is 411 g/mol. The van der Waals surface area contributed by atoms with Crippen LogP contribution in [-0.4, -0.2) is 30.1 Å². The van der Waals surface area contributed by atoms with Gasteiger partial charge in [-0.25, -0.2) is 0 Å². The van der Waals surface area contributed by atoms with E-state index in [0.29, 0.717) is 10.9 Å². The second kappa shape index (κ2) is 9.24. The summed E-state index contributed by atoms with van der Waals surface area (Å²) >= 11 is 0. The predicted molar refractivity (Wildman–Crippen MR) is 108 cm³/mol. The lowest BCUT2D eigenvalue weighted by molar-refractivity contribution is -0.162. The first-order chi connectivity index (χ1) is 14.8. The largest absolute Gasteiger partial charge is 0.465 e. The zero-order valence-corrected chi connectivity index (χ0v) is 17.0. The topological polar surface area (TPSA) is 68.4 Å². The van der Waals surface area contributed by atoms with Crippen molar-refractivity contribution in [3.05, 3.63) is 71.4 Å². The first-order valence-electron chi connectivity index (χ1n) is 9.84. The Hall–Kier alpha value is -3.29. The Bertz CT molecular complexity index is 1060. The molecule has 0 radical (unpaired) electrons. The average Bonchev–Trinajstić information content (AvgIpc) is 3.15. The van der Waals surface area contributed by atoms with Crippen LogP contribution in [0.5, 0.6) is 0 Å². The number of hydrogen-bond donors (Lipinski definition) is 1. The lowest BCUT2D eigenvalue weighted by Crippen LogP contribution is -2.34. The number of nitrogens with one attached hydrogen (secondary N) is 1. The van der Waals surface area contributed by atoms with Crippen molar-refractivity contribution in [3.63, 3.8) is 0 Å². The molecule has 31 heavy (non-hydrogen) atoms. The van der Waals surface area contributed by atoms with Gasteiger partial charge in [0.25, 0.3) is 0 Å². The van der Waals surface area contributed by atoms with Gasteiger partial charge in [-0.1, -0.05) is 36.4 Å². The van der Waals surface area contributed by atoms with Gasteiger partial charge in [0.05, 0.1) is 18.8 Å². The maximum absolute atomic E-state index is 13.4.